The van der Waals surface area contributed by atoms with Gasteiger partial charge >= 0.3 is 0 Å². The number of aromatic hydroxyl groups is 1. The second-order valence-corrected chi connectivity index (χ2v) is 5.74. The molecule has 0 radical (unpaired) electrons. The van der Waals surface area contributed by atoms with Gasteiger partial charge in [0.2, 0.25) is 0 Å². The van der Waals surface area contributed by atoms with Crippen LogP contribution in [0.2, 0.25) is 0 Å². The zero-order valence-electron chi connectivity index (χ0n) is 30.6. The van der Waals surface area contributed by atoms with Crippen molar-refractivity contribution in [3.63, 3.8) is 0 Å². The van der Waals surface area contributed by atoms with Gasteiger partial charge in [-0.15, -0.1) is 0 Å². The van der Waals surface area contributed by atoms with Crippen LogP contribution in [-0.2, 0) is 6.37 Å². The number of allylic oxidation sites excluding steroid dienone is 2. The van der Waals surface area contributed by atoms with Crippen molar-refractivity contribution in [2.75, 3.05) is 0 Å². The maximum atomic E-state index is 11.1. The van der Waals surface area contributed by atoms with Gasteiger partial charge in [-0.1, -0.05) is 31.2 Å². The van der Waals surface area contributed by atoms with E-state index in [1.54, 1.807) is 6.92 Å². The number of phenols is 1. The molecule has 2 atom stereocenters. The quantitative estimate of drug-likeness (QED) is 0.713. The number of ether oxygens (including phenoxy) is 1. The first-order valence-electron chi connectivity index (χ1n) is 16.2. The van der Waals surface area contributed by atoms with E-state index in [1.807, 2.05) is 0 Å². The first kappa shape index (κ1) is 5.28. The van der Waals surface area contributed by atoms with Gasteiger partial charge in [0, 0.05) is 42.0 Å². The molecule has 1 N–H and O–H groups in total. The summed E-state index contributed by atoms with van der Waals surface area (Å²) in [6.45, 7) is -8.89. The third-order valence-electron chi connectivity index (χ3n) is 4.07. The highest BCUT2D eigenvalue weighted by atomic mass is 16.5. The van der Waals surface area contributed by atoms with Crippen LogP contribution in [0.25, 0.3) is 0 Å². The summed E-state index contributed by atoms with van der Waals surface area (Å²) < 4.78 is 151. The van der Waals surface area contributed by atoms with Crippen molar-refractivity contribution in [2.45, 2.75) is 77.3 Å². The summed E-state index contributed by atoms with van der Waals surface area (Å²) in [5.74, 6) is -5.44. The van der Waals surface area contributed by atoms with Gasteiger partial charge in [-0.3, -0.25) is 0 Å². The monoisotopic (exact) mass is 332 g/mol. The van der Waals surface area contributed by atoms with E-state index in [1.165, 1.54) is 6.08 Å². The van der Waals surface area contributed by atoms with Gasteiger partial charge in [0.15, 0.2) is 0 Å². The van der Waals surface area contributed by atoms with Crippen molar-refractivity contribution in [3.8, 4) is 11.5 Å². The van der Waals surface area contributed by atoms with Crippen molar-refractivity contribution in [1.29, 1.82) is 0 Å². The number of fused-ring (bicyclic) bond motifs is 3. The van der Waals surface area contributed by atoms with Gasteiger partial charge < -0.3 is 9.84 Å². The van der Waals surface area contributed by atoms with Crippen LogP contribution in [0, 0.1) is 5.92 Å². The lowest BCUT2D eigenvalue weighted by molar-refractivity contribution is 0.0107. The molecule has 1 aliphatic carbocycles. The number of hydrogen-bond donors (Lipinski definition) is 1. The van der Waals surface area contributed by atoms with Gasteiger partial charge in [-0.05, 0) is 63.9 Å². The SMILES string of the molecule is [2H]C([2H])([2H])C([2H])([2H])C([2H])([2H])C([2H])([2H])C([2H])([2H])c1cc(O)c2c(c1)OC(C([2H])([2H])[2H])(C([2H])([2H])[2H])[C@@H]1CCC(C)=C[C@@]21[2H]. The van der Waals surface area contributed by atoms with Crippen LogP contribution in [-0.4, -0.2) is 10.7 Å². The van der Waals surface area contributed by atoms with E-state index in [0.717, 1.165) is 0 Å². The zero-order chi connectivity index (χ0) is 32.2. The largest absolute Gasteiger partial charge is 0.507 e. The fourth-order valence-electron chi connectivity index (χ4n) is 3.06. The van der Waals surface area contributed by atoms with Gasteiger partial charge in [-0.2, -0.15) is 0 Å². The topological polar surface area (TPSA) is 29.5 Å². The second kappa shape index (κ2) is 6.22. The Hall–Kier alpha value is -1.44. The first-order valence-corrected chi connectivity index (χ1v) is 7.20. The Labute approximate surface area is 165 Å². The maximum absolute atomic E-state index is 11.1. The van der Waals surface area contributed by atoms with Crippen LogP contribution >= 0.6 is 0 Å². The molecule has 0 saturated carbocycles. The number of aryl methyl sites for hydroxylation is 1. The minimum atomic E-state index is -4.02. The minimum Gasteiger partial charge on any atom is -0.507 e. The Kier molecular flexibility index (Phi) is 1.43. The second-order valence-electron chi connectivity index (χ2n) is 5.74. The molecule has 1 aromatic carbocycles. The lowest BCUT2D eigenvalue weighted by Crippen LogP contribution is -2.45. The van der Waals surface area contributed by atoms with Crippen LogP contribution in [0.5, 0.6) is 11.5 Å². The molecule has 126 valence electrons. The van der Waals surface area contributed by atoms with Gasteiger partial charge in [-0.25, -0.2) is 0 Å². The zero-order valence-corrected chi connectivity index (χ0v) is 12.6. The van der Waals surface area contributed by atoms with E-state index >= 15 is 0 Å². The van der Waals surface area contributed by atoms with Crippen molar-refractivity contribution < 1.29 is 34.5 Å². The molecule has 0 saturated heterocycles. The molecule has 0 bridgehead atoms. The summed E-state index contributed by atoms with van der Waals surface area (Å²) >= 11 is 0. The van der Waals surface area contributed by atoms with Crippen LogP contribution in [0.3, 0.4) is 0 Å². The summed E-state index contributed by atoms with van der Waals surface area (Å²) in [5, 5.41) is 11.1. The summed E-state index contributed by atoms with van der Waals surface area (Å²) in [5.41, 5.74) is -3.81. The molecule has 3 rings (SSSR count). The summed E-state index contributed by atoms with van der Waals surface area (Å²) in [6.07, 6.45) is -14.1. The Morgan fingerprint density at radius 3 is 3.09 bits per heavy atom. The van der Waals surface area contributed by atoms with Crippen molar-refractivity contribution in [3.05, 3.63) is 34.9 Å². The average molecular weight is 333 g/mol. The Balaban J connectivity index is 2.38. The molecule has 0 spiro atoms. The molecule has 0 amide bonds. The summed E-state index contributed by atoms with van der Waals surface area (Å²) in [6, 6.07) is 1.27. The molecule has 23 heavy (non-hydrogen) atoms. The molecule has 0 unspecified atom stereocenters. The normalized spacial score (nSPS) is 44.0. The predicted molar refractivity (Wildman–Crippen MR) is 95.3 cm³/mol. The van der Waals surface area contributed by atoms with Crippen LogP contribution in [0.4, 0.5) is 0 Å². The highest BCUT2D eigenvalue weighted by Gasteiger charge is 2.45. The number of rotatable bonds is 4. The molecule has 1 aliphatic heterocycles. The van der Waals surface area contributed by atoms with Crippen molar-refractivity contribution >= 4 is 0 Å². The van der Waals surface area contributed by atoms with Crippen molar-refractivity contribution in [2.24, 2.45) is 5.92 Å². The lowest BCUT2D eigenvalue weighted by Gasteiger charge is -2.46. The Bertz CT molecular complexity index is 1220. The maximum Gasteiger partial charge on any atom is 0.127 e. The standard InChI is InChI=1S/C21H30O2/c1-5-6-7-8-15-12-18(22)20-16-11-14(2)9-10-17(16)21(3,4)23-19(20)13-15/h11-13,16-17,22H,5-10H2,1-4H3/t16-,17-/m1/s1/i1D3,3D3,4D3,5D2,6D2,7D2,8D2,16D. The van der Waals surface area contributed by atoms with E-state index in [-0.39, 0.29) is 12.8 Å². The van der Waals surface area contributed by atoms with Gasteiger partial charge in [0.25, 0.3) is 0 Å². The Morgan fingerprint density at radius 1 is 1.43 bits per heavy atom. The molecule has 2 heteroatoms. The smallest absolute Gasteiger partial charge is 0.127 e. The molecule has 1 heterocycles. The molecule has 0 aromatic heterocycles. The minimum absolute atomic E-state index is 0.128. The number of phenolic OH excluding ortho intramolecular Hbond substituents is 1. The average Bonchev–Trinajstić information content (AvgIpc) is 2.74. The first-order chi connectivity index (χ1) is 17.9. The molecule has 2 aliphatic rings. The van der Waals surface area contributed by atoms with Gasteiger partial charge in [0.1, 0.15) is 17.1 Å². The molecular formula is C21H30O2. The molecule has 2 nitrogen and oxygen atoms in total. The van der Waals surface area contributed by atoms with Crippen molar-refractivity contribution in [1.82, 2.24) is 0 Å². The molecule has 0 fully saturated rings. The van der Waals surface area contributed by atoms with Crippen LogP contribution in [0.1, 0.15) is 101 Å². The van der Waals surface area contributed by atoms with Crippen LogP contribution in [0.15, 0.2) is 23.8 Å². The fraction of sp³-hybridized carbons (Fsp3) is 0.619. The Morgan fingerprint density at radius 2 is 2.30 bits per heavy atom. The molecular weight excluding hydrogens is 284 g/mol. The predicted octanol–water partition coefficient (Wildman–Crippen LogP) is 5.74. The number of hydrogen-bond acceptors (Lipinski definition) is 2. The highest BCUT2D eigenvalue weighted by molar-refractivity contribution is 5.53. The molecule has 1 aromatic rings. The van der Waals surface area contributed by atoms with E-state index in [2.05, 4.69) is 0 Å². The van der Waals surface area contributed by atoms with E-state index < -0.39 is 86.1 Å². The van der Waals surface area contributed by atoms with E-state index in [9.17, 15) is 6.48 Å². The number of benzene rings is 1. The third-order valence-corrected chi connectivity index (χ3v) is 4.07. The van der Waals surface area contributed by atoms with Gasteiger partial charge in [0.05, 0.1) is 0 Å². The summed E-state index contributed by atoms with van der Waals surface area (Å²) in [4.78, 5) is 0. The highest BCUT2D eigenvalue weighted by Crippen LogP contribution is 2.53. The fourth-order valence-corrected chi connectivity index (χ4v) is 3.06. The third kappa shape index (κ3) is 3.13. The lowest BCUT2D eigenvalue weighted by atomic mass is 9.68. The van der Waals surface area contributed by atoms with E-state index in [0.29, 0.717) is 17.7 Å². The van der Waals surface area contributed by atoms with E-state index in [4.69, 9.17) is 28.0 Å². The van der Waals surface area contributed by atoms with Crippen LogP contribution < -0.4 is 4.74 Å². The summed E-state index contributed by atoms with van der Waals surface area (Å²) in [7, 11) is 0.